The van der Waals surface area contributed by atoms with Crippen LogP contribution in [0.2, 0.25) is 10.0 Å². The molecular formula is C14H12Cl2N2O3S. The predicted molar refractivity (Wildman–Crippen MR) is 88.0 cm³/mol. The monoisotopic (exact) mass is 358 g/mol. The lowest BCUT2D eigenvalue weighted by Gasteiger charge is -2.15. The average Bonchev–Trinajstić information content (AvgIpc) is 2.90. The SMILES string of the molecule is CC(Oc1ccc(Cl)cc1Cl)C(=O)Nc1sccc1C(N)=O. The van der Waals surface area contributed by atoms with Crippen molar-refractivity contribution >= 4 is 51.4 Å². The molecule has 1 heterocycles. The summed E-state index contributed by atoms with van der Waals surface area (Å²) in [4.78, 5) is 23.3. The van der Waals surface area contributed by atoms with E-state index in [1.165, 1.54) is 17.4 Å². The molecule has 0 fully saturated rings. The molecule has 0 radical (unpaired) electrons. The molecule has 2 aromatic rings. The largest absolute Gasteiger partial charge is 0.479 e. The van der Waals surface area contributed by atoms with E-state index in [1.807, 2.05) is 0 Å². The number of nitrogens with two attached hydrogens (primary N) is 1. The summed E-state index contributed by atoms with van der Waals surface area (Å²) in [5.74, 6) is -0.683. The number of carbonyl (C=O) groups excluding carboxylic acids is 2. The van der Waals surface area contributed by atoms with Crippen molar-refractivity contribution in [3.05, 3.63) is 45.3 Å². The first kappa shape index (κ1) is 16.6. The van der Waals surface area contributed by atoms with Crippen molar-refractivity contribution in [3.63, 3.8) is 0 Å². The van der Waals surface area contributed by atoms with E-state index < -0.39 is 17.9 Å². The molecule has 1 aromatic heterocycles. The van der Waals surface area contributed by atoms with E-state index in [9.17, 15) is 9.59 Å². The molecule has 0 saturated carbocycles. The summed E-state index contributed by atoms with van der Waals surface area (Å²) in [6.45, 7) is 1.57. The molecule has 0 aliphatic heterocycles. The number of carbonyl (C=O) groups is 2. The Morgan fingerprint density at radius 1 is 1.32 bits per heavy atom. The lowest BCUT2D eigenvalue weighted by Crippen LogP contribution is -2.30. The summed E-state index contributed by atoms with van der Waals surface area (Å²) in [6.07, 6.45) is -0.818. The summed E-state index contributed by atoms with van der Waals surface area (Å²) in [5.41, 5.74) is 5.48. The number of benzene rings is 1. The third kappa shape index (κ3) is 3.91. The fraction of sp³-hybridized carbons (Fsp3) is 0.143. The fourth-order valence-electron chi connectivity index (χ4n) is 1.63. The number of hydrogen-bond acceptors (Lipinski definition) is 4. The lowest BCUT2D eigenvalue weighted by atomic mass is 10.3. The van der Waals surface area contributed by atoms with Crippen LogP contribution in [0, 0.1) is 0 Å². The molecule has 0 saturated heterocycles. The number of hydrogen-bond donors (Lipinski definition) is 2. The highest BCUT2D eigenvalue weighted by molar-refractivity contribution is 7.14. The summed E-state index contributed by atoms with van der Waals surface area (Å²) in [6, 6.07) is 6.25. The second kappa shape index (κ2) is 7.00. The topological polar surface area (TPSA) is 81.4 Å². The quantitative estimate of drug-likeness (QED) is 0.857. The van der Waals surface area contributed by atoms with Gasteiger partial charge in [-0.25, -0.2) is 0 Å². The maximum Gasteiger partial charge on any atom is 0.265 e. The highest BCUT2D eigenvalue weighted by Gasteiger charge is 2.19. The van der Waals surface area contributed by atoms with Gasteiger partial charge in [-0.3, -0.25) is 9.59 Å². The second-order valence-corrected chi connectivity index (χ2v) is 6.11. The number of ether oxygens (including phenoxy) is 1. The van der Waals surface area contributed by atoms with E-state index in [0.717, 1.165) is 0 Å². The number of rotatable bonds is 5. The molecule has 1 unspecified atom stereocenters. The zero-order valence-corrected chi connectivity index (χ0v) is 13.8. The normalized spacial score (nSPS) is 11.8. The van der Waals surface area contributed by atoms with E-state index >= 15 is 0 Å². The molecule has 1 atom stereocenters. The van der Waals surface area contributed by atoms with Gasteiger partial charge in [-0.15, -0.1) is 11.3 Å². The van der Waals surface area contributed by atoms with E-state index in [0.29, 0.717) is 20.8 Å². The molecule has 22 heavy (non-hydrogen) atoms. The van der Waals surface area contributed by atoms with E-state index in [1.54, 1.807) is 30.5 Å². The summed E-state index contributed by atoms with van der Waals surface area (Å²) >= 11 is 13.0. The van der Waals surface area contributed by atoms with Crippen LogP contribution in [0.1, 0.15) is 17.3 Å². The van der Waals surface area contributed by atoms with Crippen molar-refractivity contribution in [2.45, 2.75) is 13.0 Å². The zero-order chi connectivity index (χ0) is 16.3. The van der Waals surface area contributed by atoms with Crippen molar-refractivity contribution < 1.29 is 14.3 Å². The van der Waals surface area contributed by atoms with Crippen LogP contribution >= 0.6 is 34.5 Å². The molecule has 2 rings (SSSR count). The van der Waals surface area contributed by atoms with Crippen LogP contribution in [0.5, 0.6) is 5.75 Å². The third-order valence-corrected chi connectivity index (χ3v) is 4.09. The molecule has 116 valence electrons. The van der Waals surface area contributed by atoms with Crippen LogP contribution in [0.15, 0.2) is 29.6 Å². The Balaban J connectivity index is 2.06. The summed E-state index contributed by atoms with van der Waals surface area (Å²) < 4.78 is 5.50. The Morgan fingerprint density at radius 2 is 2.05 bits per heavy atom. The summed E-state index contributed by atoms with van der Waals surface area (Å²) in [5, 5.41) is 5.43. The molecule has 0 aliphatic rings. The summed E-state index contributed by atoms with van der Waals surface area (Å²) in [7, 11) is 0. The second-order valence-electron chi connectivity index (χ2n) is 4.35. The minimum atomic E-state index is -0.818. The van der Waals surface area contributed by atoms with Gasteiger partial charge < -0.3 is 15.8 Å². The van der Waals surface area contributed by atoms with Crippen LogP contribution in [0.4, 0.5) is 5.00 Å². The Labute approximate surface area is 141 Å². The average molecular weight is 359 g/mol. The Bertz CT molecular complexity index is 718. The number of primary amides is 1. The molecule has 0 spiro atoms. The van der Waals surface area contributed by atoms with Crippen molar-refractivity contribution in [3.8, 4) is 5.75 Å². The predicted octanol–water partition coefficient (Wildman–Crippen LogP) is 3.56. The standard InChI is InChI=1S/C14H12Cl2N2O3S/c1-7(21-11-3-2-8(15)6-10(11)16)13(20)18-14-9(12(17)19)4-5-22-14/h2-7H,1H3,(H2,17,19)(H,18,20). The smallest absolute Gasteiger partial charge is 0.265 e. The van der Waals surface area contributed by atoms with Gasteiger partial charge in [-0.2, -0.15) is 0 Å². The van der Waals surface area contributed by atoms with Crippen LogP contribution in [-0.2, 0) is 4.79 Å². The van der Waals surface area contributed by atoms with Gasteiger partial charge in [0.2, 0.25) is 0 Å². The Kier molecular flexibility index (Phi) is 5.28. The number of amides is 2. The van der Waals surface area contributed by atoms with Crippen LogP contribution < -0.4 is 15.8 Å². The minimum Gasteiger partial charge on any atom is -0.479 e. The molecule has 8 heteroatoms. The van der Waals surface area contributed by atoms with Gasteiger partial charge in [0.25, 0.3) is 11.8 Å². The molecule has 5 nitrogen and oxygen atoms in total. The van der Waals surface area contributed by atoms with Crippen molar-refractivity contribution in [2.24, 2.45) is 5.73 Å². The highest BCUT2D eigenvalue weighted by atomic mass is 35.5. The third-order valence-electron chi connectivity index (χ3n) is 2.73. The zero-order valence-electron chi connectivity index (χ0n) is 11.4. The van der Waals surface area contributed by atoms with Crippen molar-refractivity contribution in [1.29, 1.82) is 0 Å². The van der Waals surface area contributed by atoms with Crippen LogP contribution in [0.3, 0.4) is 0 Å². The number of nitrogens with one attached hydrogen (secondary N) is 1. The molecule has 2 amide bonds. The van der Waals surface area contributed by atoms with Gasteiger partial charge in [-0.1, -0.05) is 23.2 Å². The van der Waals surface area contributed by atoms with Gasteiger partial charge >= 0.3 is 0 Å². The molecule has 0 aliphatic carbocycles. The first-order chi connectivity index (χ1) is 10.4. The minimum absolute atomic E-state index is 0.259. The van der Waals surface area contributed by atoms with Gasteiger partial charge in [0.1, 0.15) is 10.8 Å². The van der Waals surface area contributed by atoms with Crippen molar-refractivity contribution in [1.82, 2.24) is 0 Å². The lowest BCUT2D eigenvalue weighted by molar-refractivity contribution is -0.122. The molecule has 3 N–H and O–H groups in total. The van der Waals surface area contributed by atoms with E-state index in [4.69, 9.17) is 33.7 Å². The van der Waals surface area contributed by atoms with E-state index in [2.05, 4.69) is 5.32 Å². The molecule has 1 aromatic carbocycles. The van der Waals surface area contributed by atoms with Crippen LogP contribution in [0.25, 0.3) is 0 Å². The Hall–Kier alpha value is -1.76. The fourth-order valence-corrected chi connectivity index (χ4v) is 2.88. The number of halogens is 2. The highest BCUT2D eigenvalue weighted by Crippen LogP contribution is 2.29. The van der Waals surface area contributed by atoms with Crippen LogP contribution in [-0.4, -0.2) is 17.9 Å². The van der Waals surface area contributed by atoms with Crippen molar-refractivity contribution in [2.75, 3.05) is 5.32 Å². The molecule has 0 bridgehead atoms. The van der Waals surface area contributed by atoms with Gasteiger partial charge in [-0.05, 0) is 36.6 Å². The maximum absolute atomic E-state index is 12.1. The first-order valence-corrected chi connectivity index (χ1v) is 7.82. The first-order valence-electron chi connectivity index (χ1n) is 6.18. The number of thiophene rings is 1. The van der Waals surface area contributed by atoms with Gasteiger partial charge in [0.05, 0.1) is 10.6 Å². The van der Waals surface area contributed by atoms with Gasteiger partial charge in [0, 0.05) is 5.02 Å². The van der Waals surface area contributed by atoms with E-state index in [-0.39, 0.29) is 5.56 Å². The molecular weight excluding hydrogens is 347 g/mol. The maximum atomic E-state index is 12.1. The van der Waals surface area contributed by atoms with Gasteiger partial charge in [0.15, 0.2) is 6.10 Å². The Morgan fingerprint density at radius 3 is 2.68 bits per heavy atom. The number of anilines is 1.